The number of rotatable bonds is 5. The van der Waals surface area contributed by atoms with Crippen LogP contribution >= 0.6 is 11.8 Å². The van der Waals surface area contributed by atoms with Gasteiger partial charge in [0.05, 0.1) is 17.5 Å². The van der Waals surface area contributed by atoms with Gasteiger partial charge in [0, 0.05) is 17.3 Å². The molecule has 32 heavy (non-hydrogen) atoms. The van der Waals surface area contributed by atoms with E-state index in [9.17, 15) is 18.8 Å². The first-order valence-electron chi connectivity index (χ1n) is 10.8. The van der Waals surface area contributed by atoms with Crippen LogP contribution in [0.5, 0.6) is 0 Å². The number of imide groups is 1. The molecule has 0 saturated carbocycles. The second-order valence-corrected chi connectivity index (χ2v) is 9.93. The quantitative estimate of drug-likeness (QED) is 0.537. The Morgan fingerprint density at radius 2 is 1.84 bits per heavy atom. The molecule has 2 fully saturated rings. The summed E-state index contributed by atoms with van der Waals surface area (Å²) in [6, 6.07) is 10.9. The summed E-state index contributed by atoms with van der Waals surface area (Å²) in [4.78, 5) is 41.9. The molecule has 3 amide bonds. The zero-order valence-electron chi connectivity index (χ0n) is 17.9. The van der Waals surface area contributed by atoms with Gasteiger partial charge in [-0.05, 0) is 55.2 Å². The summed E-state index contributed by atoms with van der Waals surface area (Å²) < 4.78 is 14.2. The molecule has 1 spiro atoms. The number of halogens is 1. The second-order valence-electron chi connectivity index (χ2n) is 8.54. The molecule has 2 aromatic carbocycles. The predicted octanol–water partition coefficient (Wildman–Crippen LogP) is 3.20. The first-order valence-corrected chi connectivity index (χ1v) is 12.0. The van der Waals surface area contributed by atoms with Crippen molar-refractivity contribution in [2.75, 3.05) is 21.7 Å². The van der Waals surface area contributed by atoms with Crippen molar-refractivity contribution in [1.82, 2.24) is 5.32 Å². The van der Waals surface area contributed by atoms with Gasteiger partial charge in [-0.25, -0.2) is 9.29 Å². The van der Waals surface area contributed by atoms with Crippen LogP contribution in [0, 0.1) is 24.6 Å². The summed E-state index contributed by atoms with van der Waals surface area (Å²) in [5, 5.41) is 6.14. The molecule has 166 valence electrons. The highest BCUT2D eigenvalue weighted by Gasteiger charge is 2.70. The van der Waals surface area contributed by atoms with Gasteiger partial charge >= 0.3 is 0 Å². The van der Waals surface area contributed by atoms with Crippen LogP contribution in [-0.4, -0.2) is 35.3 Å². The summed E-state index contributed by atoms with van der Waals surface area (Å²) in [5.41, 5.74) is 0.917. The summed E-state index contributed by atoms with van der Waals surface area (Å²) in [6.07, 6.45) is 0.625. The zero-order valence-corrected chi connectivity index (χ0v) is 18.7. The molecule has 2 N–H and O–H groups in total. The number of hydrogen-bond acceptors (Lipinski definition) is 5. The fourth-order valence-electron chi connectivity index (χ4n) is 5.33. The largest absolute Gasteiger partial charge is 0.324 e. The minimum Gasteiger partial charge on any atom is -0.324 e. The maximum atomic E-state index is 14.2. The van der Waals surface area contributed by atoms with Gasteiger partial charge < -0.3 is 5.32 Å². The molecule has 0 aliphatic carbocycles. The predicted molar refractivity (Wildman–Crippen MR) is 122 cm³/mol. The van der Waals surface area contributed by atoms with Crippen LogP contribution in [0.1, 0.15) is 24.5 Å². The van der Waals surface area contributed by atoms with Crippen LogP contribution in [0.3, 0.4) is 0 Å². The van der Waals surface area contributed by atoms with E-state index in [4.69, 9.17) is 0 Å². The number of nitrogens with one attached hydrogen (secondary N) is 2. The number of carbonyl (C=O) groups is 3. The van der Waals surface area contributed by atoms with Gasteiger partial charge in [-0.15, -0.1) is 0 Å². The lowest BCUT2D eigenvalue weighted by molar-refractivity contribution is -0.130. The molecule has 6 nitrogen and oxygen atoms in total. The first-order chi connectivity index (χ1) is 15.4. The lowest BCUT2D eigenvalue weighted by Crippen LogP contribution is -2.53. The van der Waals surface area contributed by atoms with E-state index in [0.29, 0.717) is 23.4 Å². The highest BCUT2D eigenvalue weighted by atomic mass is 32.2. The molecule has 5 rings (SSSR count). The monoisotopic (exact) mass is 453 g/mol. The van der Waals surface area contributed by atoms with E-state index < -0.39 is 35.0 Å². The third-order valence-corrected chi connectivity index (χ3v) is 7.68. The molecule has 0 unspecified atom stereocenters. The van der Waals surface area contributed by atoms with Crippen LogP contribution in [0.2, 0.25) is 0 Å². The SMILES string of the molecule is CCSCC[C@@H]1N[C@@]2(C(=O)Nc3ccc(F)cc32)[C@@H]2C(=O)N(c3ccc(C)cc3)C(=O)[C@H]12. The van der Waals surface area contributed by atoms with E-state index in [1.165, 1.54) is 23.1 Å². The van der Waals surface area contributed by atoms with E-state index in [-0.39, 0.29) is 11.9 Å². The van der Waals surface area contributed by atoms with Crippen LogP contribution in [0.4, 0.5) is 15.8 Å². The maximum absolute atomic E-state index is 14.2. The summed E-state index contributed by atoms with van der Waals surface area (Å²) in [5.74, 6) is -1.54. The minimum absolute atomic E-state index is 0.308. The van der Waals surface area contributed by atoms with Crippen LogP contribution in [-0.2, 0) is 19.9 Å². The summed E-state index contributed by atoms with van der Waals surface area (Å²) >= 11 is 1.74. The molecular formula is C24H24FN3O3S. The third-order valence-electron chi connectivity index (χ3n) is 6.75. The number of carbonyl (C=O) groups excluding carboxylic acids is 3. The van der Waals surface area contributed by atoms with E-state index in [2.05, 4.69) is 17.6 Å². The fourth-order valence-corrected chi connectivity index (χ4v) is 6.03. The number of nitrogens with zero attached hydrogens (tertiary/aromatic N) is 1. The zero-order chi connectivity index (χ0) is 22.6. The molecule has 0 bridgehead atoms. The number of fused-ring (bicyclic) bond motifs is 4. The molecule has 3 aliphatic heterocycles. The molecule has 4 atom stereocenters. The Labute approximate surface area is 189 Å². The summed E-state index contributed by atoms with van der Waals surface area (Å²) in [6.45, 7) is 3.99. The molecule has 3 aliphatic rings. The number of thioether (sulfide) groups is 1. The van der Waals surface area contributed by atoms with Gasteiger partial charge in [-0.1, -0.05) is 24.6 Å². The second kappa shape index (κ2) is 7.71. The highest BCUT2D eigenvalue weighted by molar-refractivity contribution is 7.99. The molecule has 0 aromatic heterocycles. The Balaban J connectivity index is 1.63. The standard InChI is InChI=1S/C24H24FN3O3S/c1-3-32-11-10-18-19-20(22(30)28(21(19)29)15-7-4-13(2)5-8-15)24(27-18)16-12-14(25)6-9-17(16)26-23(24)31/h4-9,12,18-20,27H,3,10-11H2,1-2H3,(H,26,31)/t18-,19+,20-,24+/m0/s1. The minimum atomic E-state index is -1.46. The Morgan fingerprint density at radius 1 is 1.09 bits per heavy atom. The van der Waals surface area contributed by atoms with Crippen molar-refractivity contribution in [3.63, 3.8) is 0 Å². The number of anilines is 2. The van der Waals surface area contributed by atoms with E-state index in [1.54, 1.807) is 23.9 Å². The Hall–Kier alpha value is -2.71. The fraction of sp³-hybridized carbons (Fsp3) is 0.375. The van der Waals surface area contributed by atoms with Crippen LogP contribution in [0.15, 0.2) is 42.5 Å². The van der Waals surface area contributed by atoms with E-state index in [0.717, 1.165) is 17.1 Å². The number of benzene rings is 2. The molecule has 2 aromatic rings. The van der Waals surface area contributed by atoms with Crippen molar-refractivity contribution in [2.45, 2.75) is 31.8 Å². The summed E-state index contributed by atoms with van der Waals surface area (Å²) in [7, 11) is 0. The van der Waals surface area contributed by atoms with Crippen molar-refractivity contribution in [3.8, 4) is 0 Å². The third kappa shape index (κ3) is 2.93. The first kappa shape index (κ1) is 21.2. The van der Waals surface area contributed by atoms with Crippen molar-refractivity contribution in [3.05, 3.63) is 59.4 Å². The van der Waals surface area contributed by atoms with Gasteiger partial charge in [-0.2, -0.15) is 11.8 Å². The Bertz CT molecular complexity index is 1120. The van der Waals surface area contributed by atoms with Crippen molar-refractivity contribution < 1.29 is 18.8 Å². The number of amides is 3. The van der Waals surface area contributed by atoms with E-state index in [1.807, 2.05) is 19.1 Å². The van der Waals surface area contributed by atoms with Crippen LogP contribution in [0.25, 0.3) is 0 Å². The lowest BCUT2D eigenvalue weighted by Gasteiger charge is -2.29. The van der Waals surface area contributed by atoms with Gasteiger partial charge in [0.25, 0.3) is 0 Å². The van der Waals surface area contributed by atoms with Gasteiger partial charge in [0.1, 0.15) is 11.4 Å². The van der Waals surface area contributed by atoms with Gasteiger partial charge in [0.15, 0.2) is 0 Å². The molecule has 8 heteroatoms. The molecular weight excluding hydrogens is 429 g/mol. The van der Waals surface area contributed by atoms with Gasteiger partial charge in [0.2, 0.25) is 17.7 Å². The smallest absolute Gasteiger partial charge is 0.250 e. The molecule has 0 radical (unpaired) electrons. The molecule has 3 heterocycles. The Kier molecular flexibility index (Phi) is 5.09. The van der Waals surface area contributed by atoms with E-state index >= 15 is 0 Å². The normalized spacial score (nSPS) is 28.4. The lowest BCUT2D eigenvalue weighted by atomic mass is 9.76. The van der Waals surface area contributed by atoms with Crippen LogP contribution < -0.4 is 15.5 Å². The number of aryl methyl sites for hydroxylation is 1. The maximum Gasteiger partial charge on any atom is 0.250 e. The molecule has 2 saturated heterocycles. The Morgan fingerprint density at radius 3 is 2.56 bits per heavy atom. The van der Waals surface area contributed by atoms with Crippen molar-refractivity contribution in [2.24, 2.45) is 11.8 Å². The van der Waals surface area contributed by atoms with Crippen molar-refractivity contribution >= 4 is 40.9 Å². The van der Waals surface area contributed by atoms with Crippen molar-refractivity contribution in [1.29, 1.82) is 0 Å². The average Bonchev–Trinajstić information content (AvgIpc) is 3.34. The average molecular weight is 454 g/mol. The topological polar surface area (TPSA) is 78.5 Å². The number of hydrogen-bond donors (Lipinski definition) is 2. The van der Waals surface area contributed by atoms with Gasteiger partial charge in [-0.3, -0.25) is 19.7 Å². The highest BCUT2D eigenvalue weighted by Crippen LogP contribution is 2.54.